The third kappa shape index (κ3) is 3.93. The van der Waals surface area contributed by atoms with Crippen LogP contribution in [0.5, 0.6) is 0 Å². The molecule has 2 aromatic rings. The van der Waals surface area contributed by atoms with Crippen molar-refractivity contribution >= 4 is 35.0 Å². The van der Waals surface area contributed by atoms with Gasteiger partial charge in [0.25, 0.3) is 5.91 Å². The predicted octanol–water partition coefficient (Wildman–Crippen LogP) is 4.01. The highest BCUT2D eigenvalue weighted by molar-refractivity contribution is 7.98. The Balaban J connectivity index is 1.73. The van der Waals surface area contributed by atoms with E-state index in [4.69, 9.17) is 0 Å². The number of carbonyl (C=O) groups is 2. The summed E-state index contributed by atoms with van der Waals surface area (Å²) >= 11 is 1.58. The molecule has 118 valence electrons. The Morgan fingerprint density at radius 3 is 2.57 bits per heavy atom. The van der Waals surface area contributed by atoms with Gasteiger partial charge in [-0.25, -0.2) is 0 Å². The fourth-order valence-corrected chi connectivity index (χ4v) is 2.82. The van der Waals surface area contributed by atoms with Crippen LogP contribution in [0.25, 0.3) is 0 Å². The standard InChI is InChI=1S/C18H18N2O2S/c1-23-16-8-3-2-7-15(16)20-18(22)13-5-4-6-14(11-13)19-17(21)12-9-10-12/h2-8,11-12H,9-10H2,1H3,(H,19,21)(H,20,22). The zero-order valence-electron chi connectivity index (χ0n) is 12.8. The van der Waals surface area contributed by atoms with Gasteiger partial charge in [0, 0.05) is 22.1 Å². The molecule has 2 N–H and O–H groups in total. The third-order valence-corrected chi connectivity index (χ3v) is 4.49. The number of amides is 2. The van der Waals surface area contributed by atoms with Gasteiger partial charge in [-0.3, -0.25) is 9.59 Å². The molecule has 1 fully saturated rings. The van der Waals surface area contributed by atoms with Crippen molar-refractivity contribution in [2.45, 2.75) is 17.7 Å². The molecule has 23 heavy (non-hydrogen) atoms. The van der Waals surface area contributed by atoms with Gasteiger partial charge < -0.3 is 10.6 Å². The molecular formula is C18H18N2O2S. The molecule has 0 radical (unpaired) electrons. The summed E-state index contributed by atoms with van der Waals surface area (Å²) in [6, 6.07) is 14.7. The molecular weight excluding hydrogens is 308 g/mol. The van der Waals surface area contributed by atoms with E-state index in [1.165, 1.54) is 0 Å². The van der Waals surface area contributed by atoms with Crippen molar-refractivity contribution in [2.24, 2.45) is 5.92 Å². The average molecular weight is 326 g/mol. The Kier molecular flexibility index (Phi) is 4.67. The Bertz CT molecular complexity index is 741. The van der Waals surface area contributed by atoms with Crippen molar-refractivity contribution in [3.8, 4) is 0 Å². The minimum atomic E-state index is -0.186. The topological polar surface area (TPSA) is 58.2 Å². The van der Waals surface area contributed by atoms with E-state index < -0.39 is 0 Å². The highest BCUT2D eigenvalue weighted by atomic mass is 32.2. The summed E-state index contributed by atoms with van der Waals surface area (Å²) < 4.78 is 0. The van der Waals surface area contributed by atoms with E-state index in [-0.39, 0.29) is 17.7 Å². The molecule has 0 aromatic heterocycles. The van der Waals surface area contributed by atoms with Crippen LogP contribution in [0.4, 0.5) is 11.4 Å². The lowest BCUT2D eigenvalue weighted by atomic mass is 10.1. The van der Waals surface area contributed by atoms with Crippen molar-refractivity contribution < 1.29 is 9.59 Å². The number of thioether (sulfide) groups is 1. The van der Waals surface area contributed by atoms with Gasteiger partial charge in [0.2, 0.25) is 5.91 Å². The van der Waals surface area contributed by atoms with E-state index in [1.54, 1.807) is 36.0 Å². The number of benzene rings is 2. The van der Waals surface area contributed by atoms with E-state index in [0.717, 1.165) is 23.4 Å². The fourth-order valence-electron chi connectivity index (χ4n) is 2.27. The molecule has 1 aliphatic rings. The van der Waals surface area contributed by atoms with Gasteiger partial charge in [0.05, 0.1) is 5.69 Å². The van der Waals surface area contributed by atoms with Crippen molar-refractivity contribution in [1.82, 2.24) is 0 Å². The van der Waals surface area contributed by atoms with Gasteiger partial charge in [-0.2, -0.15) is 0 Å². The van der Waals surface area contributed by atoms with E-state index in [1.807, 2.05) is 30.5 Å². The van der Waals surface area contributed by atoms with Crippen molar-refractivity contribution in [2.75, 3.05) is 16.9 Å². The summed E-state index contributed by atoms with van der Waals surface area (Å²) in [5.41, 5.74) is 1.97. The fraction of sp³-hybridized carbons (Fsp3) is 0.222. The minimum Gasteiger partial charge on any atom is -0.326 e. The van der Waals surface area contributed by atoms with Crippen LogP contribution < -0.4 is 10.6 Å². The second kappa shape index (κ2) is 6.87. The largest absolute Gasteiger partial charge is 0.326 e. The molecule has 0 aliphatic heterocycles. The maximum absolute atomic E-state index is 12.4. The van der Waals surface area contributed by atoms with Crippen LogP contribution in [0.15, 0.2) is 53.4 Å². The summed E-state index contributed by atoms with van der Waals surface area (Å²) in [4.78, 5) is 25.3. The first-order chi connectivity index (χ1) is 11.2. The Hall–Kier alpha value is -2.27. The zero-order valence-corrected chi connectivity index (χ0v) is 13.7. The van der Waals surface area contributed by atoms with Gasteiger partial charge >= 0.3 is 0 Å². The summed E-state index contributed by atoms with van der Waals surface area (Å²) in [5.74, 6) is -0.00903. The molecule has 0 bridgehead atoms. The Morgan fingerprint density at radius 1 is 1.04 bits per heavy atom. The van der Waals surface area contributed by atoms with Crippen LogP contribution in [0, 0.1) is 5.92 Å². The highest BCUT2D eigenvalue weighted by Gasteiger charge is 2.29. The number of hydrogen-bond acceptors (Lipinski definition) is 3. The molecule has 2 aromatic carbocycles. The van der Waals surface area contributed by atoms with Crippen LogP contribution >= 0.6 is 11.8 Å². The SMILES string of the molecule is CSc1ccccc1NC(=O)c1cccc(NC(=O)C2CC2)c1. The second-order valence-electron chi connectivity index (χ2n) is 5.50. The van der Waals surface area contributed by atoms with Crippen molar-refractivity contribution in [1.29, 1.82) is 0 Å². The van der Waals surface area contributed by atoms with Crippen LogP contribution in [0.3, 0.4) is 0 Å². The number of para-hydroxylation sites is 1. The normalized spacial score (nSPS) is 13.4. The highest BCUT2D eigenvalue weighted by Crippen LogP contribution is 2.30. The summed E-state index contributed by atoms with van der Waals surface area (Å²) in [7, 11) is 0. The molecule has 4 nitrogen and oxygen atoms in total. The predicted molar refractivity (Wildman–Crippen MR) is 94.0 cm³/mol. The van der Waals surface area contributed by atoms with Gasteiger partial charge in [-0.05, 0) is 49.4 Å². The number of hydrogen-bond donors (Lipinski definition) is 2. The molecule has 0 unspecified atom stereocenters. The maximum atomic E-state index is 12.4. The van der Waals surface area contributed by atoms with Crippen LogP contribution in [-0.2, 0) is 4.79 Å². The molecule has 2 amide bonds. The minimum absolute atomic E-state index is 0.0373. The van der Waals surface area contributed by atoms with Crippen LogP contribution in [-0.4, -0.2) is 18.1 Å². The number of anilines is 2. The van der Waals surface area contributed by atoms with E-state index >= 15 is 0 Å². The first-order valence-electron chi connectivity index (χ1n) is 7.52. The number of carbonyl (C=O) groups excluding carboxylic acids is 2. The third-order valence-electron chi connectivity index (χ3n) is 3.70. The molecule has 3 rings (SSSR count). The van der Waals surface area contributed by atoms with Gasteiger partial charge in [0.1, 0.15) is 0 Å². The van der Waals surface area contributed by atoms with Gasteiger partial charge in [-0.1, -0.05) is 18.2 Å². The quantitative estimate of drug-likeness (QED) is 0.816. The van der Waals surface area contributed by atoms with Crippen LogP contribution in [0.1, 0.15) is 23.2 Å². The van der Waals surface area contributed by atoms with Crippen molar-refractivity contribution in [3.05, 3.63) is 54.1 Å². The van der Waals surface area contributed by atoms with E-state index in [2.05, 4.69) is 10.6 Å². The Morgan fingerprint density at radius 2 is 1.83 bits per heavy atom. The van der Waals surface area contributed by atoms with Gasteiger partial charge in [-0.15, -0.1) is 11.8 Å². The molecule has 0 atom stereocenters. The summed E-state index contributed by atoms with van der Waals surface area (Å²) in [6.07, 6.45) is 3.88. The monoisotopic (exact) mass is 326 g/mol. The maximum Gasteiger partial charge on any atom is 0.255 e. The lowest BCUT2D eigenvalue weighted by Crippen LogP contribution is -2.15. The van der Waals surface area contributed by atoms with Gasteiger partial charge in [0.15, 0.2) is 0 Å². The zero-order chi connectivity index (χ0) is 16.2. The summed E-state index contributed by atoms with van der Waals surface area (Å²) in [6.45, 7) is 0. The summed E-state index contributed by atoms with van der Waals surface area (Å²) in [5, 5.41) is 5.78. The lowest BCUT2D eigenvalue weighted by molar-refractivity contribution is -0.117. The second-order valence-corrected chi connectivity index (χ2v) is 6.35. The van der Waals surface area contributed by atoms with E-state index in [0.29, 0.717) is 11.3 Å². The first-order valence-corrected chi connectivity index (χ1v) is 8.75. The number of nitrogens with one attached hydrogen (secondary N) is 2. The lowest BCUT2D eigenvalue weighted by Gasteiger charge is -2.10. The van der Waals surface area contributed by atoms with E-state index in [9.17, 15) is 9.59 Å². The molecule has 0 saturated heterocycles. The molecule has 0 heterocycles. The number of rotatable bonds is 5. The molecule has 5 heteroatoms. The van der Waals surface area contributed by atoms with Crippen LogP contribution in [0.2, 0.25) is 0 Å². The molecule has 0 spiro atoms. The van der Waals surface area contributed by atoms with Crippen molar-refractivity contribution in [3.63, 3.8) is 0 Å². The smallest absolute Gasteiger partial charge is 0.255 e. The Labute approximate surface area is 139 Å². The molecule has 1 aliphatic carbocycles. The average Bonchev–Trinajstić information content (AvgIpc) is 3.40. The first kappa shape index (κ1) is 15.6. The molecule has 1 saturated carbocycles.